The van der Waals surface area contributed by atoms with Crippen LogP contribution in [0.2, 0.25) is 0 Å². The van der Waals surface area contributed by atoms with Crippen molar-refractivity contribution in [2.24, 2.45) is 5.73 Å². The van der Waals surface area contributed by atoms with Crippen LogP contribution in [0.3, 0.4) is 0 Å². The van der Waals surface area contributed by atoms with Gasteiger partial charge in [-0.3, -0.25) is 9.69 Å². The first-order valence-electron chi connectivity index (χ1n) is 14.3. The number of aliphatic carboxylic acids is 1. The number of para-hydroxylation sites is 2. The molecule has 1 heterocycles. The summed E-state index contributed by atoms with van der Waals surface area (Å²) in [4.78, 5) is 16.4. The van der Waals surface area contributed by atoms with Gasteiger partial charge in [-0.15, -0.1) is 0 Å². The zero-order valence-electron chi connectivity index (χ0n) is 23.9. The van der Waals surface area contributed by atoms with Gasteiger partial charge in [-0.05, 0) is 49.1 Å². The van der Waals surface area contributed by atoms with Crippen LogP contribution in [0.5, 0.6) is 5.75 Å². The van der Waals surface area contributed by atoms with Gasteiger partial charge in [0, 0.05) is 37.4 Å². The molecule has 1 unspecified atom stereocenters. The van der Waals surface area contributed by atoms with Crippen LogP contribution >= 0.6 is 0 Å². The number of nitrogens with two attached hydrogens (primary N) is 1. The maximum absolute atomic E-state index is 11.6. The number of aryl methyl sites for hydroxylation is 2. The van der Waals surface area contributed by atoms with Crippen LogP contribution in [0, 0.1) is 13.8 Å². The molecule has 0 fully saturated rings. The van der Waals surface area contributed by atoms with Crippen molar-refractivity contribution in [1.29, 1.82) is 0 Å². The van der Waals surface area contributed by atoms with Crippen molar-refractivity contribution in [2.75, 3.05) is 18.0 Å². The van der Waals surface area contributed by atoms with Crippen molar-refractivity contribution in [3.63, 3.8) is 0 Å². The molecule has 1 aliphatic rings. The third kappa shape index (κ3) is 7.15. The summed E-state index contributed by atoms with van der Waals surface area (Å²) >= 11 is 0. The fraction of sp³-hybridized carbons (Fsp3) is 0.286. The molecule has 2 atom stereocenters. The lowest BCUT2D eigenvalue weighted by Gasteiger charge is -2.31. The molecule has 0 radical (unpaired) electrons. The summed E-state index contributed by atoms with van der Waals surface area (Å²) in [6.45, 7) is 7.48. The van der Waals surface area contributed by atoms with E-state index in [9.17, 15) is 9.90 Å². The van der Waals surface area contributed by atoms with E-state index in [2.05, 4.69) is 96.4 Å². The second-order valence-electron chi connectivity index (χ2n) is 11.0. The number of carboxylic acid groups (broad SMARTS) is 1. The fourth-order valence-corrected chi connectivity index (χ4v) is 5.69. The van der Waals surface area contributed by atoms with E-state index >= 15 is 0 Å². The second-order valence-corrected chi connectivity index (χ2v) is 11.0. The van der Waals surface area contributed by atoms with Crippen molar-refractivity contribution in [3.8, 4) is 5.75 Å². The summed E-state index contributed by atoms with van der Waals surface area (Å²) in [7, 11) is 0. The predicted molar refractivity (Wildman–Crippen MR) is 164 cm³/mol. The van der Waals surface area contributed by atoms with Crippen LogP contribution in [0.4, 0.5) is 5.69 Å². The standard InChI is InChI=1S/C35H39N3O3/c1-25-9-7-11-27(19-25)21-38-23-33(30-14-4-5-15-32(30)38)37(18-17-31(36)35(39)40)22-29-13-3-6-16-34(29)41-24-28-12-8-10-26(2)20-28/h3-16,19-20,31,33H,17-18,21-24,36H2,1-2H3,(H,39,40)/t31-,33?/m0/s1. The van der Waals surface area contributed by atoms with Crippen molar-refractivity contribution in [1.82, 2.24) is 4.90 Å². The number of carboxylic acids is 1. The van der Waals surface area contributed by atoms with Crippen LogP contribution in [0.1, 0.15) is 45.8 Å². The molecule has 0 saturated carbocycles. The van der Waals surface area contributed by atoms with Gasteiger partial charge in [-0.1, -0.05) is 96.1 Å². The number of benzene rings is 4. The third-order valence-electron chi connectivity index (χ3n) is 7.79. The van der Waals surface area contributed by atoms with E-state index in [0.29, 0.717) is 26.1 Å². The molecule has 0 saturated heterocycles. The van der Waals surface area contributed by atoms with Crippen LogP contribution in [-0.2, 0) is 24.5 Å². The highest BCUT2D eigenvalue weighted by Gasteiger charge is 2.33. The quantitative estimate of drug-likeness (QED) is 0.218. The number of fused-ring (bicyclic) bond motifs is 1. The lowest BCUT2D eigenvalue weighted by atomic mass is 10.0. The molecule has 212 valence electrons. The smallest absolute Gasteiger partial charge is 0.320 e. The Bertz CT molecular complexity index is 1490. The molecule has 0 amide bonds. The molecule has 3 N–H and O–H groups in total. The number of anilines is 1. The normalized spacial score (nSPS) is 15.1. The van der Waals surface area contributed by atoms with Gasteiger partial charge >= 0.3 is 5.97 Å². The van der Waals surface area contributed by atoms with E-state index in [-0.39, 0.29) is 6.04 Å². The maximum atomic E-state index is 11.6. The minimum atomic E-state index is -0.972. The van der Waals surface area contributed by atoms with E-state index in [1.54, 1.807) is 0 Å². The molecule has 41 heavy (non-hydrogen) atoms. The lowest BCUT2D eigenvalue weighted by Crippen LogP contribution is -2.38. The number of carbonyl (C=O) groups is 1. The minimum Gasteiger partial charge on any atom is -0.489 e. The number of nitrogens with zero attached hydrogens (tertiary/aromatic N) is 2. The molecule has 4 aromatic rings. The van der Waals surface area contributed by atoms with E-state index in [4.69, 9.17) is 10.5 Å². The van der Waals surface area contributed by atoms with Crippen LogP contribution in [0.25, 0.3) is 0 Å². The first kappa shape index (κ1) is 28.4. The number of hydrogen-bond acceptors (Lipinski definition) is 5. The van der Waals surface area contributed by atoms with Crippen LogP contribution in [-0.4, -0.2) is 35.1 Å². The van der Waals surface area contributed by atoms with Gasteiger partial charge in [0.1, 0.15) is 18.4 Å². The van der Waals surface area contributed by atoms with Crippen LogP contribution in [0.15, 0.2) is 97.1 Å². The van der Waals surface area contributed by atoms with Gasteiger partial charge in [-0.2, -0.15) is 0 Å². The van der Waals surface area contributed by atoms with Gasteiger partial charge in [0.25, 0.3) is 0 Å². The summed E-state index contributed by atoms with van der Waals surface area (Å²) in [6.07, 6.45) is 0.359. The van der Waals surface area contributed by atoms with Crippen molar-refractivity contribution >= 4 is 11.7 Å². The first-order valence-corrected chi connectivity index (χ1v) is 14.3. The summed E-state index contributed by atoms with van der Waals surface area (Å²) in [6, 6.07) is 32.9. The molecule has 0 spiro atoms. The minimum absolute atomic E-state index is 0.0850. The molecule has 1 aliphatic heterocycles. The van der Waals surface area contributed by atoms with Gasteiger partial charge in [-0.25, -0.2) is 0 Å². The van der Waals surface area contributed by atoms with Gasteiger partial charge in [0.15, 0.2) is 0 Å². The molecule has 0 aromatic heterocycles. The third-order valence-corrected chi connectivity index (χ3v) is 7.79. The molecular formula is C35H39N3O3. The predicted octanol–water partition coefficient (Wildman–Crippen LogP) is 6.25. The van der Waals surface area contributed by atoms with Crippen molar-refractivity contribution in [3.05, 3.63) is 130 Å². The Labute approximate surface area is 243 Å². The number of rotatable bonds is 12. The van der Waals surface area contributed by atoms with Gasteiger partial charge < -0.3 is 20.5 Å². The summed E-state index contributed by atoms with van der Waals surface area (Å²) in [5, 5.41) is 9.51. The Morgan fingerprint density at radius 1 is 0.951 bits per heavy atom. The maximum Gasteiger partial charge on any atom is 0.320 e. The molecule has 4 aromatic carbocycles. The Morgan fingerprint density at radius 2 is 1.63 bits per heavy atom. The molecular weight excluding hydrogens is 510 g/mol. The second kappa shape index (κ2) is 13.0. The fourth-order valence-electron chi connectivity index (χ4n) is 5.69. The SMILES string of the molecule is Cc1cccc(COc2ccccc2CN(CC[C@H](N)C(=O)O)C2CN(Cc3cccc(C)c3)c3ccccc32)c1. The molecule has 6 heteroatoms. The molecule has 0 bridgehead atoms. The zero-order chi connectivity index (χ0) is 28.8. The van der Waals surface area contributed by atoms with Crippen LogP contribution < -0.4 is 15.4 Å². The monoisotopic (exact) mass is 549 g/mol. The summed E-state index contributed by atoms with van der Waals surface area (Å²) in [5.74, 6) is -0.135. The van der Waals surface area contributed by atoms with E-state index in [1.165, 1.54) is 27.9 Å². The average Bonchev–Trinajstić information content (AvgIpc) is 3.32. The Hall–Kier alpha value is -4.13. The summed E-state index contributed by atoms with van der Waals surface area (Å²) in [5.41, 5.74) is 14.4. The Kier molecular flexibility index (Phi) is 9.02. The lowest BCUT2D eigenvalue weighted by molar-refractivity contribution is -0.138. The van der Waals surface area contributed by atoms with Gasteiger partial charge in [0.05, 0.1) is 6.04 Å². The number of hydrogen-bond donors (Lipinski definition) is 2. The highest BCUT2D eigenvalue weighted by molar-refractivity contribution is 5.73. The highest BCUT2D eigenvalue weighted by Crippen LogP contribution is 2.40. The Balaban J connectivity index is 1.41. The molecule has 5 rings (SSSR count). The van der Waals surface area contributed by atoms with E-state index in [1.807, 2.05) is 24.3 Å². The number of ether oxygens (including phenoxy) is 1. The topological polar surface area (TPSA) is 79.0 Å². The van der Waals surface area contributed by atoms with Crippen molar-refractivity contribution < 1.29 is 14.6 Å². The average molecular weight is 550 g/mol. The molecule has 0 aliphatic carbocycles. The Morgan fingerprint density at radius 3 is 2.39 bits per heavy atom. The van der Waals surface area contributed by atoms with E-state index < -0.39 is 12.0 Å². The first-order chi connectivity index (χ1) is 19.9. The highest BCUT2D eigenvalue weighted by atomic mass is 16.5. The van der Waals surface area contributed by atoms with Crippen molar-refractivity contribution in [2.45, 2.75) is 52.0 Å². The zero-order valence-corrected chi connectivity index (χ0v) is 23.9. The van der Waals surface area contributed by atoms with E-state index in [0.717, 1.165) is 30.0 Å². The van der Waals surface area contributed by atoms with Gasteiger partial charge in [0.2, 0.25) is 0 Å². The molecule has 6 nitrogen and oxygen atoms in total. The summed E-state index contributed by atoms with van der Waals surface area (Å²) < 4.78 is 6.33. The largest absolute Gasteiger partial charge is 0.489 e.